The highest BCUT2D eigenvalue weighted by Crippen LogP contribution is 2.27. The van der Waals surface area contributed by atoms with E-state index in [1.165, 1.54) is 11.1 Å². The monoisotopic (exact) mass is 280 g/mol. The molecule has 1 aromatic rings. The summed E-state index contributed by atoms with van der Waals surface area (Å²) in [5, 5.41) is 3.17. The van der Waals surface area contributed by atoms with Gasteiger partial charge < -0.3 is 4.90 Å². The van der Waals surface area contributed by atoms with Gasteiger partial charge in [0, 0.05) is 18.3 Å². The highest BCUT2D eigenvalue weighted by atomic mass is 31.0. The zero-order chi connectivity index (χ0) is 14.3. The molecule has 0 aliphatic heterocycles. The van der Waals surface area contributed by atoms with Crippen molar-refractivity contribution in [2.45, 2.75) is 46.1 Å². The van der Waals surface area contributed by atoms with Gasteiger partial charge in [0.2, 0.25) is 6.41 Å². The third-order valence-corrected chi connectivity index (χ3v) is 4.04. The van der Waals surface area contributed by atoms with Crippen molar-refractivity contribution in [3.05, 3.63) is 29.3 Å². The van der Waals surface area contributed by atoms with Crippen molar-refractivity contribution in [1.82, 2.24) is 5.09 Å². The standard InChI is InChI=1S/C15H25N2OP/c1-4-13-7-6-8-14(10-9-12(3)16-19)15(13)17(5-2)11-18/h6-8,11-12,16H,4-5,9-10,19H2,1-3H3. The van der Waals surface area contributed by atoms with E-state index in [2.05, 4.69) is 46.5 Å². The van der Waals surface area contributed by atoms with Gasteiger partial charge in [-0.25, -0.2) is 0 Å². The van der Waals surface area contributed by atoms with Crippen molar-refractivity contribution in [1.29, 1.82) is 0 Å². The smallest absolute Gasteiger partial charge is 0.214 e. The van der Waals surface area contributed by atoms with E-state index in [0.29, 0.717) is 12.6 Å². The minimum absolute atomic E-state index is 0.453. The van der Waals surface area contributed by atoms with Crippen molar-refractivity contribution in [3.63, 3.8) is 0 Å². The predicted octanol–water partition coefficient (Wildman–Crippen LogP) is 2.93. The third kappa shape index (κ3) is 4.29. The van der Waals surface area contributed by atoms with Crippen LogP contribution in [0.5, 0.6) is 0 Å². The lowest BCUT2D eigenvalue weighted by atomic mass is 9.99. The third-order valence-electron chi connectivity index (χ3n) is 3.47. The summed E-state index contributed by atoms with van der Waals surface area (Å²) in [6.07, 6.45) is 3.93. The Hall–Kier alpha value is -0.920. The molecule has 0 spiro atoms. The van der Waals surface area contributed by atoms with Gasteiger partial charge in [0.1, 0.15) is 0 Å². The molecule has 0 aliphatic carbocycles. The molecule has 1 rings (SSSR count). The highest BCUT2D eigenvalue weighted by Gasteiger charge is 2.13. The summed E-state index contributed by atoms with van der Waals surface area (Å²) < 4.78 is 0. The number of anilines is 1. The summed E-state index contributed by atoms with van der Waals surface area (Å²) in [4.78, 5) is 13.1. The second kappa shape index (κ2) is 8.29. The van der Waals surface area contributed by atoms with Crippen molar-refractivity contribution in [2.75, 3.05) is 11.4 Å². The van der Waals surface area contributed by atoms with Crippen LogP contribution < -0.4 is 9.99 Å². The van der Waals surface area contributed by atoms with Gasteiger partial charge in [-0.1, -0.05) is 34.5 Å². The van der Waals surface area contributed by atoms with Gasteiger partial charge in [-0.05, 0) is 44.2 Å². The Labute approximate surface area is 119 Å². The van der Waals surface area contributed by atoms with Crippen molar-refractivity contribution in [2.24, 2.45) is 0 Å². The van der Waals surface area contributed by atoms with Crippen LogP contribution in [0, 0.1) is 0 Å². The van der Waals surface area contributed by atoms with Crippen LogP contribution in [0.3, 0.4) is 0 Å². The molecule has 0 saturated heterocycles. The first-order valence-corrected chi connectivity index (χ1v) is 7.54. The number of hydrogen-bond acceptors (Lipinski definition) is 2. The van der Waals surface area contributed by atoms with E-state index in [1.807, 2.05) is 11.8 Å². The summed E-state index contributed by atoms with van der Waals surface area (Å²) in [5.74, 6) is 0. The summed E-state index contributed by atoms with van der Waals surface area (Å²) in [5.41, 5.74) is 3.62. The minimum Gasteiger partial charge on any atom is -0.315 e. The second-order valence-electron chi connectivity index (χ2n) is 4.78. The van der Waals surface area contributed by atoms with Crippen LogP contribution in [0.25, 0.3) is 0 Å². The van der Waals surface area contributed by atoms with Crippen LogP contribution in [-0.4, -0.2) is 19.0 Å². The van der Waals surface area contributed by atoms with E-state index in [0.717, 1.165) is 31.4 Å². The first kappa shape index (κ1) is 16.1. The molecular formula is C15H25N2OP. The lowest BCUT2D eigenvalue weighted by Gasteiger charge is -2.23. The fourth-order valence-corrected chi connectivity index (χ4v) is 2.41. The molecule has 3 nitrogen and oxygen atoms in total. The second-order valence-corrected chi connectivity index (χ2v) is 5.11. The van der Waals surface area contributed by atoms with Gasteiger partial charge in [0.05, 0.1) is 0 Å². The molecule has 2 unspecified atom stereocenters. The Morgan fingerprint density at radius 3 is 2.58 bits per heavy atom. The fraction of sp³-hybridized carbons (Fsp3) is 0.533. The average molecular weight is 280 g/mol. The van der Waals surface area contributed by atoms with Gasteiger partial charge in [0.15, 0.2) is 0 Å². The predicted molar refractivity (Wildman–Crippen MR) is 85.5 cm³/mol. The Kier molecular flexibility index (Phi) is 7.04. The Morgan fingerprint density at radius 2 is 2.05 bits per heavy atom. The molecule has 0 fully saturated rings. The number of nitrogens with zero attached hydrogens (tertiary/aromatic N) is 1. The lowest BCUT2D eigenvalue weighted by molar-refractivity contribution is -0.107. The minimum atomic E-state index is 0.453. The summed E-state index contributed by atoms with van der Waals surface area (Å²) in [6.45, 7) is 7.02. The van der Waals surface area contributed by atoms with E-state index in [-0.39, 0.29) is 0 Å². The molecule has 0 bridgehead atoms. The first-order chi connectivity index (χ1) is 9.17. The number of carbonyl (C=O) groups is 1. The van der Waals surface area contributed by atoms with Gasteiger partial charge in [-0.2, -0.15) is 0 Å². The molecule has 106 valence electrons. The molecule has 0 radical (unpaired) electrons. The normalized spacial score (nSPS) is 12.2. The summed E-state index contributed by atoms with van der Waals surface area (Å²) in [6, 6.07) is 6.79. The molecule has 0 saturated carbocycles. The SMILES string of the molecule is CCc1cccc(CCC(C)NP)c1N(C=O)CC. The van der Waals surface area contributed by atoms with Crippen molar-refractivity contribution < 1.29 is 4.79 Å². The van der Waals surface area contributed by atoms with Gasteiger partial charge >= 0.3 is 0 Å². The Balaban J connectivity index is 3.04. The van der Waals surface area contributed by atoms with E-state index in [4.69, 9.17) is 0 Å². The van der Waals surface area contributed by atoms with E-state index in [9.17, 15) is 4.79 Å². The number of carbonyl (C=O) groups excluding carboxylic acids is 1. The number of amides is 1. The summed E-state index contributed by atoms with van der Waals surface area (Å²) in [7, 11) is 2.56. The molecule has 4 heteroatoms. The Bertz CT molecular complexity index is 409. The maximum Gasteiger partial charge on any atom is 0.214 e. The fourth-order valence-electron chi connectivity index (χ4n) is 2.24. The molecule has 1 N–H and O–H groups in total. The first-order valence-electron chi connectivity index (χ1n) is 6.96. The quantitative estimate of drug-likeness (QED) is 0.586. The maximum absolute atomic E-state index is 11.3. The maximum atomic E-state index is 11.3. The molecule has 0 aliphatic rings. The van der Waals surface area contributed by atoms with Crippen LogP contribution in [0.1, 0.15) is 38.3 Å². The van der Waals surface area contributed by atoms with Crippen LogP contribution >= 0.6 is 9.39 Å². The van der Waals surface area contributed by atoms with E-state index < -0.39 is 0 Å². The van der Waals surface area contributed by atoms with E-state index in [1.54, 1.807) is 0 Å². The largest absolute Gasteiger partial charge is 0.315 e. The van der Waals surface area contributed by atoms with E-state index >= 15 is 0 Å². The molecule has 1 amide bonds. The van der Waals surface area contributed by atoms with Crippen LogP contribution in [-0.2, 0) is 17.6 Å². The number of aryl methyl sites for hydroxylation is 2. The molecule has 1 aromatic carbocycles. The van der Waals surface area contributed by atoms with Crippen LogP contribution in [0.2, 0.25) is 0 Å². The number of para-hydroxylation sites is 1. The zero-order valence-corrected chi connectivity index (χ0v) is 13.3. The summed E-state index contributed by atoms with van der Waals surface area (Å²) >= 11 is 0. The molecular weight excluding hydrogens is 255 g/mol. The number of nitrogens with one attached hydrogen (secondary N) is 1. The Morgan fingerprint density at radius 1 is 1.37 bits per heavy atom. The number of rotatable bonds is 8. The van der Waals surface area contributed by atoms with Gasteiger partial charge in [-0.15, -0.1) is 0 Å². The van der Waals surface area contributed by atoms with Gasteiger partial charge in [0.25, 0.3) is 0 Å². The number of hydrogen-bond donors (Lipinski definition) is 1. The molecule has 19 heavy (non-hydrogen) atoms. The topological polar surface area (TPSA) is 32.3 Å². The molecule has 0 heterocycles. The van der Waals surface area contributed by atoms with Gasteiger partial charge in [-0.3, -0.25) is 9.88 Å². The van der Waals surface area contributed by atoms with Crippen molar-refractivity contribution >= 4 is 21.5 Å². The van der Waals surface area contributed by atoms with Crippen LogP contribution in [0.15, 0.2) is 18.2 Å². The number of benzene rings is 1. The average Bonchev–Trinajstić information content (AvgIpc) is 2.46. The van der Waals surface area contributed by atoms with Crippen molar-refractivity contribution in [3.8, 4) is 0 Å². The molecule has 0 aromatic heterocycles. The zero-order valence-electron chi connectivity index (χ0n) is 12.1. The highest BCUT2D eigenvalue weighted by molar-refractivity contribution is 7.13. The molecule has 2 atom stereocenters. The lowest BCUT2D eigenvalue weighted by Crippen LogP contribution is -2.24. The van der Waals surface area contributed by atoms with Crippen LogP contribution in [0.4, 0.5) is 5.69 Å².